The molecule has 0 heterocycles. The first-order valence-corrected chi connectivity index (χ1v) is 6.56. The molecule has 0 aliphatic carbocycles. The topological polar surface area (TPSA) is 58.9 Å². The minimum atomic E-state index is -0.779. The average Bonchev–Trinajstić information content (AvgIpc) is 2.37. The van der Waals surface area contributed by atoms with Gasteiger partial charge >= 0.3 is 0 Å². The molecule has 108 valence electrons. The van der Waals surface area contributed by atoms with Crippen LogP contribution in [0.3, 0.4) is 0 Å². The molecule has 0 fully saturated rings. The van der Waals surface area contributed by atoms with Crippen LogP contribution in [0.2, 0.25) is 5.02 Å². The lowest BCUT2D eigenvalue weighted by Gasteiger charge is -2.21. The number of ether oxygens (including phenoxy) is 2. The minimum absolute atomic E-state index is 0.00286. The number of halogens is 1. The van der Waals surface area contributed by atoms with Crippen LogP contribution in [0.15, 0.2) is 12.1 Å². The van der Waals surface area contributed by atoms with E-state index in [2.05, 4.69) is 0 Å². The molecule has 0 radical (unpaired) electrons. The predicted octanol–water partition coefficient (Wildman–Crippen LogP) is 2.59. The highest BCUT2D eigenvalue weighted by Gasteiger charge is 2.20. The van der Waals surface area contributed by atoms with E-state index < -0.39 is 12.2 Å². The standard InChI is InChI=1S/C14H21ClO4/c1-8(5-12(17)9(2)16)10-6-13(18-3)14(19-4)7-11(10)15/h6-9,12,16-17H,5H2,1-4H3. The molecule has 0 saturated carbocycles. The highest BCUT2D eigenvalue weighted by Crippen LogP contribution is 2.37. The molecule has 0 bridgehead atoms. The van der Waals surface area contributed by atoms with Gasteiger partial charge in [-0.2, -0.15) is 0 Å². The summed E-state index contributed by atoms with van der Waals surface area (Å²) in [6.07, 6.45) is -1.12. The van der Waals surface area contributed by atoms with Crippen molar-refractivity contribution in [3.8, 4) is 11.5 Å². The van der Waals surface area contributed by atoms with Crippen LogP contribution in [0, 0.1) is 0 Å². The fourth-order valence-corrected chi connectivity index (χ4v) is 2.27. The molecule has 0 spiro atoms. The Hall–Kier alpha value is -0.970. The molecule has 2 N–H and O–H groups in total. The number of methoxy groups -OCH3 is 2. The minimum Gasteiger partial charge on any atom is -0.493 e. The van der Waals surface area contributed by atoms with Crippen LogP contribution in [-0.2, 0) is 0 Å². The van der Waals surface area contributed by atoms with E-state index in [9.17, 15) is 10.2 Å². The third-order valence-electron chi connectivity index (χ3n) is 3.19. The summed E-state index contributed by atoms with van der Waals surface area (Å²) in [4.78, 5) is 0. The Morgan fingerprint density at radius 3 is 2.11 bits per heavy atom. The summed E-state index contributed by atoms with van der Waals surface area (Å²) in [7, 11) is 3.11. The Morgan fingerprint density at radius 1 is 1.11 bits per heavy atom. The first kappa shape index (κ1) is 16.1. The predicted molar refractivity (Wildman–Crippen MR) is 75.3 cm³/mol. The molecule has 1 rings (SSSR count). The molecule has 1 aromatic rings. The Bertz CT molecular complexity index is 420. The first-order valence-electron chi connectivity index (χ1n) is 6.18. The van der Waals surface area contributed by atoms with E-state index in [-0.39, 0.29) is 5.92 Å². The van der Waals surface area contributed by atoms with Crippen molar-refractivity contribution in [2.75, 3.05) is 14.2 Å². The van der Waals surface area contributed by atoms with Crippen molar-refractivity contribution in [3.05, 3.63) is 22.7 Å². The smallest absolute Gasteiger partial charge is 0.162 e. The van der Waals surface area contributed by atoms with E-state index in [1.54, 1.807) is 33.3 Å². The third-order valence-corrected chi connectivity index (χ3v) is 3.51. The summed E-state index contributed by atoms with van der Waals surface area (Å²) >= 11 is 6.22. The van der Waals surface area contributed by atoms with Crippen molar-refractivity contribution in [1.82, 2.24) is 0 Å². The van der Waals surface area contributed by atoms with Crippen molar-refractivity contribution in [1.29, 1.82) is 0 Å². The molecule has 3 unspecified atom stereocenters. The molecule has 0 aliphatic heterocycles. The number of aliphatic hydroxyl groups is 2. The molecule has 0 amide bonds. The highest BCUT2D eigenvalue weighted by atomic mass is 35.5. The molecular weight excluding hydrogens is 268 g/mol. The second-order valence-electron chi connectivity index (χ2n) is 4.67. The number of hydrogen-bond acceptors (Lipinski definition) is 4. The Morgan fingerprint density at radius 2 is 1.63 bits per heavy atom. The number of benzene rings is 1. The number of hydrogen-bond donors (Lipinski definition) is 2. The van der Waals surface area contributed by atoms with Gasteiger partial charge in [-0.1, -0.05) is 18.5 Å². The summed E-state index contributed by atoms with van der Waals surface area (Å²) in [5, 5.41) is 19.6. The largest absolute Gasteiger partial charge is 0.493 e. The Balaban J connectivity index is 2.99. The highest BCUT2D eigenvalue weighted by molar-refractivity contribution is 6.31. The van der Waals surface area contributed by atoms with Crippen LogP contribution < -0.4 is 9.47 Å². The van der Waals surface area contributed by atoms with Crippen LogP contribution in [0.4, 0.5) is 0 Å². The fraction of sp³-hybridized carbons (Fsp3) is 0.571. The van der Waals surface area contributed by atoms with Crippen LogP contribution in [0.1, 0.15) is 31.7 Å². The number of rotatable bonds is 6. The second-order valence-corrected chi connectivity index (χ2v) is 5.08. The quantitative estimate of drug-likeness (QED) is 0.845. The van der Waals surface area contributed by atoms with E-state index in [0.29, 0.717) is 22.9 Å². The summed E-state index contributed by atoms with van der Waals surface area (Å²) in [6, 6.07) is 3.50. The maximum Gasteiger partial charge on any atom is 0.162 e. The monoisotopic (exact) mass is 288 g/mol. The Kier molecular flexibility index (Phi) is 5.91. The van der Waals surface area contributed by atoms with Gasteiger partial charge in [0.15, 0.2) is 11.5 Å². The van der Waals surface area contributed by atoms with Crippen LogP contribution in [-0.4, -0.2) is 36.6 Å². The normalized spacial score (nSPS) is 15.7. The fourth-order valence-electron chi connectivity index (χ4n) is 1.93. The van der Waals surface area contributed by atoms with Gasteiger partial charge in [-0.05, 0) is 30.9 Å². The zero-order valence-corrected chi connectivity index (χ0v) is 12.4. The van der Waals surface area contributed by atoms with E-state index in [1.165, 1.54) is 0 Å². The summed E-state index contributed by atoms with van der Waals surface area (Å²) in [5.41, 5.74) is 0.860. The molecular formula is C14H21ClO4. The molecule has 19 heavy (non-hydrogen) atoms. The van der Waals surface area contributed by atoms with Gasteiger partial charge in [0.05, 0.1) is 26.4 Å². The van der Waals surface area contributed by atoms with Gasteiger partial charge < -0.3 is 19.7 Å². The molecule has 3 atom stereocenters. The van der Waals surface area contributed by atoms with Gasteiger partial charge in [-0.15, -0.1) is 0 Å². The number of aliphatic hydroxyl groups excluding tert-OH is 2. The van der Waals surface area contributed by atoms with Crippen LogP contribution in [0.5, 0.6) is 11.5 Å². The van der Waals surface area contributed by atoms with Crippen molar-refractivity contribution in [3.63, 3.8) is 0 Å². The van der Waals surface area contributed by atoms with Crippen LogP contribution in [0.25, 0.3) is 0 Å². The average molecular weight is 289 g/mol. The van der Waals surface area contributed by atoms with Gasteiger partial charge in [0.2, 0.25) is 0 Å². The molecule has 4 nitrogen and oxygen atoms in total. The van der Waals surface area contributed by atoms with Crippen molar-refractivity contribution in [2.24, 2.45) is 0 Å². The van der Waals surface area contributed by atoms with Crippen molar-refractivity contribution >= 4 is 11.6 Å². The lowest BCUT2D eigenvalue weighted by atomic mass is 9.93. The van der Waals surface area contributed by atoms with E-state index in [4.69, 9.17) is 21.1 Å². The zero-order valence-electron chi connectivity index (χ0n) is 11.7. The lowest BCUT2D eigenvalue weighted by Crippen LogP contribution is -2.24. The zero-order chi connectivity index (χ0) is 14.6. The third kappa shape index (κ3) is 4.00. The second kappa shape index (κ2) is 6.98. The molecule has 5 heteroatoms. The molecule has 0 aliphatic rings. The van der Waals surface area contributed by atoms with Crippen molar-refractivity contribution < 1.29 is 19.7 Å². The van der Waals surface area contributed by atoms with E-state index >= 15 is 0 Å². The Labute approximate surface area is 118 Å². The van der Waals surface area contributed by atoms with Crippen LogP contribution >= 0.6 is 11.6 Å². The summed E-state index contributed by atoms with van der Waals surface area (Å²) in [5.74, 6) is 1.16. The van der Waals surface area contributed by atoms with E-state index in [1.807, 2.05) is 6.92 Å². The maximum atomic E-state index is 9.73. The first-order chi connectivity index (χ1) is 8.90. The maximum absolute atomic E-state index is 9.73. The molecule has 0 saturated heterocycles. The molecule has 0 aromatic heterocycles. The van der Waals surface area contributed by atoms with Gasteiger partial charge in [-0.3, -0.25) is 0 Å². The van der Waals surface area contributed by atoms with E-state index in [0.717, 1.165) is 5.56 Å². The van der Waals surface area contributed by atoms with Gasteiger partial charge in [0, 0.05) is 11.1 Å². The molecule has 1 aromatic carbocycles. The van der Waals surface area contributed by atoms with Gasteiger partial charge in [-0.25, -0.2) is 0 Å². The van der Waals surface area contributed by atoms with Crippen molar-refractivity contribution in [2.45, 2.75) is 38.4 Å². The van der Waals surface area contributed by atoms with Gasteiger partial charge in [0.1, 0.15) is 0 Å². The summed E-state index contributed by atoms with van der Waals surface area (Å²) < 4.78 is 10.4. The lowest BCUT2D eigenvalue weighted by molar-refractivity contribution is 0.0227. The SMILES string of the molecule is COc1cc(Cl)c(C(C)CC(O)C(C)O)cc1OC. The van der Waals surface area contributed by atoms with Gasteiger partial charge in [0.25, 0.3) is 0 Å². The summed E-state index contributed by atoms with van der Waals surface area (Å²) in [6.45, 7) is 3.51.